The maximum absolute atomic E-state index is 12.9. The Hall–Kier alpha value is -1.99. The molecule has 2 aliphatic rings. The molecule has 1 saturated heterocycles. The van der Waals surface area contributed by atoms with Crippen LogP contribution >= 0.6 is 0 Å². The maximum Gasteiger partial charge on any atom is 0.433 e. The number of nitrogens with one attached hydrogen (secondary N) is 1. The fourth-order valence-electron chi connectivity index (χ4n) is 3.88. The number of alkyl halides is 3. The fraction of sp³-hybridized carbons (Fsp3) is 0.667. The standard InChI is InChI=1S/C18H24F3N3O2/c1-17(2,3)26-16(25)23-15-11-4-5-12(15)10-24(9-11)13-6-7-22-14(8-13)18(19,20)21/h6-8,11-12,15H,4-5,9-10H2,1-3H3,(H,23,25)/t11-,12+,15-. The van der Waals surface area contributed by atoms with Crippen LogP contribution in [-0.2, 0) is 10.9 Å². The van der Waals surface area contributed by atoms with Gasteiger partial charge < -0.3 is 15.0 Å². The molecule has 1 amide bonds. The molecule has 1 aliphatic carbocycles. The molecule has 1 aromatic heterocycles. The highest BCUT2D eigenvalue weighted by Gasteiger charge is 2.43. The van der Waals surface area contributed by atoms with E-state index in [9.17, 15) is 18.0 Å². The third kappa shape index (κ3) is 4.22. The van der Waals surface area contributed by atoms with Gasteiger partial charge in [-0.25, -0.2) is 4.79 Å². The highest BCUT2D eigenvalue weighted by molar-refractivity contribution is 5.68. The number of piperidine rings is 1. The van der Waals surface area contributed by atoms with Gasteiger partial charge in [-0.15, -0.1) is 0 Å². The molecule has 144 valence electrons. The molecule has 2 heterocycles. The maximum atomic E-state index is 12.9. The van der Waals surface area contributed by atoms with E-state index < -0.39 is 23.6 Å². The minimum Gasteiger partial charge on any atom is -0.444 e. The van der Waals surface area contributed by atoms with E-state index in [1.807, 2.05) is 25.7 Å². The van der Waals surface area contributed by atoms with Crippen molar-refractivity contribution in [3.05, 3.63) is 24.0 Å². The average molecular weight is 371 g/mol. The smallest absolute Gasteiger partial charge is 0.433 e. The van der Waals surface area contributed by atoms with Gasteiger partial charge in [0.25, 0.3) is 0 Å². The summed E-state index contributed by atoms with van der Waals surface area (Å²) in [5, 5.41) is 2.96. The van der Waals surface area contributed by atoms with Crippen LogP contribution < -0.4 is 10.2 Å². The minimum absolute atomic E-state index is 0.00465. The molecule has 3 rings (SSSR count). The van der Waals surface area contributed by atoms with Crippen molar-refractivity contribution in [3.8, 4) is 0 Å². The van der Waals surface area contributed by atoms with Gasteiger partial charge in [0.15, 0.2) is 0 Å². The molecule has 26 heavy (non-hydrogen) atoms. The van der Waals surface area contributed by atoms with Crippen LogP contribution in [-0.4, -0.2) is 35.8 Å². The predicted molar refractivity (Wildman–Crippen MR) is 90.8 cm³/mol. The van der Waals surface area contributed by atoms with Crippen LogP contribution in [0.4, 0.5) is 23.7 Å². The number of amides is 1. The van der Waals surface area contributed by atoms with Crippen LogP contribution in [0.5, 0.6) is 0 Å². The van der Waals surface area contributed by atoms with Crippen LogP contribution in [0, 0.1) is 11.8 Å². The van der Waals surface area contributed by atoms with Gasteiger partial charge in [0.1, 0.15) is 11.3 Å². The van der Waals surface area contributed by atoms with Crippen LogP contribution in [0.15, 0.2) is 18.3 Å². The van der Waals surface area contributed by atoms with Gasteiger partial charge in [0.05, 0.1) is 0 Å². The second-order valence-electron chi connectivity index (χ2n) is 8.07. The van der Waals surface area contributed by atoms with Crippen molar-refractivity contribution in [1.29, 1.82) is 0 Å². The molecule has 0 radical (unpaired) electrons. The van der Waals surface area contributed by atoms with Gasteiger partial charge in [0, 0.05) is 31.0 Å². The monoisotopic (exact) mass is 371 g/mol. The van der Waals surface area contributed by atoms with E-state index in [0.29, 0.717) is 18.8 Å². The van der Waals surface area contributed by atoms with Crippen LogP contribution in [0.2, 0.25) is 0 Å². The van der Waals surface area contributed by atoms with Crippen molar-refractivity contribution < 1.29 is 22.7 Å². The third-order valence-corrected chi connectivity index (χ3v) is 4.92. The van der Waals surface area contributed by atoms with Crippen molar-refractivity contribution in [2.45, 2.75) is 51.4 Å². The Morgan fingerprint density at radius 3 is 2.38 bits per heavy atom. The second-order valence-corrected chi connectivity index (χ2v) is 8.07. The summed E-state index contributed by atoms with van der Waals surface area (Å²) in [6.45, 7) is 6.65. The van der Waals surface area contributed by atoms with Crippen molar-refractivity contribution >= 4 is 11.8 Å². The number of aromatic nitrogens is 1. The first-order valence-corrected chi connectivity index (χ1v) is 8.80. The molecule has 8 heteroatoms. The number of ether oxygens (including phenoxy) is 1. The van der Waals surface area contributed by atoms with E-state index in [0.717, 1.165) is 18.9 Å². The molecule has 1 N–H and O–H groups in total. The first kappa shape index (κ1) is 18.8. The second kappa shape index (κ2) is 6.63. The minimum atomic E-state index is -4.45. The van der Waals surface area contributed by atoms with Gasteiger partial charge in [-0.2, -0.15) is 13.2 Å². The molecule has 2 fully saturated rings. The molecule has 0 aromatic carbocycles. The van der Waals surface area contributed by atoms with Crippen LogP contribution in [0.3, 0.4) is 0 Å². The van der Waals surface area contributed by atoms with E-state index >= 15 is 0 Å². The number of carbonyl (C=O) groups excluding carboxylic acids is 1. The summed E-state index contributed by atoms with van der Waals surface area (Å²) in [5.74, 6) is 0.396. The number of anilines is 1. The summed E-state index contributed by atoms with van der Waals surface area (Å²) < 4.78 is 44.0. The number of carbonyl (C=O) groups is 1. The quantitative estimate of drug-likeness (QED) is 0.858. The molecule has 2 bridgehead atoms. The number of nitrogens with zero attached hydrogens (tertiary/aromatic N) is 2. The van der Waals surface area contributed by atoms with Gasteiger partial charge in [-0.05, 0) is 57.6 Å². The number of hydrogen-bond donors (Lipinski definition) is 1. The summed E-state index contributed by atoms with van der Waals surface area (Å²) >= 11 is 0. The Morgan fingerprint density at radius 2 is 1.85 bits per heavy atom. The van der Waals surface area contributed by atoms with Gasteiger partial charge in [-0.1, -0.05) is 0 Å². The Labute approximate surface area is 150 Å². The number of alkyl carbamates (subject to hydrolysis) is 1. The van der Waals surface area contributed by atoms with Gasteiger partial charge in [-0.3, -0.25) is 4.98 Å². The molecule has 1 aliphatic heterocycles. The van der Waals surface area contributed by atoms with Gasteiger partial charge in [0.2, 0.25) is 0 Å². The summed E-state index contributed by atoms with van der Waals surface area (Å²) in [6, 6.07) is 2.71. The third-order valence-electron chi connectivity index (χ3n) is 4.92. The average Bonchev–Trinajstić information content (AvgIpc) is 2.75. The first-order chi connectivity index (χ1) is 12.0. The van der Waals surface area contributed by atoms with Gasteiger partial charge >= 0.3 is 12.3 Å². The normalized spacial score (nSPS) is 25.9. The molecule has 3 atom stereocenters. The largest absolute Gasteiger partial charge is 0.444 e. The molecule has 0 spiro atoms. The molecule has 0 unspecified atom stereocenters. The Kier molecular flexibility index (Phi) is 4.79. The fourth-order valence-corrected chi connectivity index (χ4v) is 3.88. The van der Waals surface area contributed by atoms with E-state index in [4.69, 9.17) is 4.74 Å². The molecular weight excluding hydrogens is 347 g/mol. The lowest BCUT2D eigenvalue weighted by Crippen LogP contribution is -2.53. The van der Waals surface area contributed by atoms with Crippen molar-refractivity contribution in [2.24, 2.45) is 11.8 Å². The SMILES string of the molecule is CC(C)(C)OC(=O)N[C@@H]1[C@@H]2CC[C@H]1CN(c1ccnc(C(F)(F)F)c1)C2. The topological polar surface area (TPSA) is 54.5 Å². The van der Waals surface area contributed by atoms with Crippen LogP contribution in [0.25, 0.3) is 0 Å². The van der Waals surface area contributed by atoms with E-state index in [-0.39, 0.29) is 17.9 Å². The summed E-state index contributed by atoms with van der Waals surface area (Å²) in [5.41, 5.74) is -0.911. The van der Waals surface area contributed by atoms with E-state index in [1.165, 1.54) is 6.20 Å². The van der Waals surface area contributed by atoms with Crippen molar-refractivity contribution in [1.82, 2.24) is 10.3 Å². The lowest BCUT2D eigenvalue weighted by atomic mass is 9.92. The first-order valence-electron chi connectivity index (χ1n) is 8.80. The molecule has 5 nitrogen and oxygen atoms in total. The lowest BCUT2D eigenvalue weighted by molar-refractivity contribution is -0.141. The summed E-state index contributed by atoms with van der Waals surface area (Å²) in [7, 11) is 0. The highest BCUT2D eigenvalue weighted by atomic mass is 19.4. The van der Waals surface area contributed by atoms with Crippen molar-refractivity contribution in [2.75, 3.05) is 18.0 Å². The zero-order valence-corrected chi connectivity index (χ0v) is 15.1. The zero-order chi connectivity index (χ0) is 19.1. The highest BCUT2D eigenvalue weighted by Crippen LogP contribution is 2.39. The Balaban J connectivity index is 1.68. The number of pyridine rings is 1. The van der Waals surface area contributed by atoms with E-state index in [2.05, 4.69) is 10.3 Å². The van der Waals surface area contributed by atoms with Crippen LogP contribution in [0.1, 0.15) is 39.3 Å². The number of rotatable bonds is 2. The lowest BCUT2D eigenvalue weighted by Gasteiger charge is -2.39. The molecule has 1 aromatic rings. The summed E-state index contributed by atoms with van der Waals surface area (Å²) in [4.78, 5) is 17.5. The van der Waals surface area contributed by atoms with E-state index in [1.54, 1.807) is 6.07 Å². The van der Waals surface area contributed by atoms with Crippen molar-refractivity contribution in [3.63, 3.8) is 0 Å². The number of hydrogen-bond acceptors (Lipinski definition) is 4. The Bertz CT molecular complexity index is 658. The predicted octanol–water partition coefficient (Wildman–Crippen LogP) is 3.84. The number of halogens is 3. The molecule has 1 saturated carbocycles. The Morgan fingerprint density at radius 1 is 1.23 bits per heavy atom. The molecular formula is C18H24F3N3O2. The number of fused-ring (bicyclic) bond motifs is 2. The zero-order valence-electron chi connectivity index (χ0n) is 15.1. The summed E-state index contributed by atoms with van der Waals surface area (Å²) in [6.07, 6.45) is -1.80.